The van der Waals surface area contributed by atoms with Crippen molar-refractivity contribution in [1.29, 1.82) is 0 Å². The molecule has 2 aliphatic heterocycles. The number of hydrogen-bond donors (Lipinski definition) is 1. The van der Waals surface area contributed by atoms with Crippen LogP contribution in [0.25, 0.3) is 10.9 Å². The number of piperazine rings is 1. The number of carbonyl (C=O) groups excluding carboxylic acids is 2. The van der Waals surface area contributed by atoms with Gasteiger partial charge in [0.2, 0.25) is 11.3 Å². The first kappa shape index (κ1) is 32.7. The number of oxime groups is 1. The van der Waals surface area contributed by atoms with Crippen LogP contribution in [0.2, 0.25) is 0 Å². The van der Waals surface area contributed by atoms with E-state index in [0.29, 0.717) is 16.8 Å². The van der Waals surface area contributed by atoms with Gasteiger partial charge >= 0.3 is 5.97 Å². The summed E-state index contributed by atoms with van der Waals surface area (Å²) in [6, 6.07) is 4.93. The number of halogens is 2. The van der Waals surface area contributed by atoms with E-state index in [1.165, 1.54) is 48.3 Å². The van der Waals surface area contributed by atoms with E-state index in [1.54, 1.807) is 20.4 Å². The van der Waals surface area contributed by atoms with Gasteiger partial charge in [-0.15, -0.1) is 5.10 Å². The van der Waals surface area contributed by atoms with Crippen LogP contribution in [0.4, 0.5) is 20.2 Å². The molecule has 17 heteroatoms. The van der Waals surface area contributed by atoms with E-state index in [2.05, 4.69) is 15.5 Å². The lowest BCUT2D eigenvalue weighted by Crippen LogP contribution is -2.55. The largest absolute Gasteiger partial charge is 0.492 e. The fraction of sp³-hybridized carbons (Fsp3) is 0.364. The highest BCUT2D eigenvalue weighted by atomic mass is 19.1. The van der Waals surface area contributed by atoms with Crippen molar-refractivity contribution in [3.8, 4) is 5.75 Å². The topological polar surface area (TPSA) is 165 Å². The smallest absolute Gasteiger partial charge is 0.341 e. The number of methoxy groups -OCH3 is 1. The van der Waals surface area contributed by atoms with Crippen LogP contribution in [-0.2, 0) is 27.5 Å². The van der Waals surface area contributed by atoms with Gasteiger partial charge in [-0.05, 0) is 31.9 Å². The Bertz CT molecular complexity index is 2160. The van der Waals surface area contributed by atoms with Crippen LogP contribution in [0.5, 0.6) is 5.75 Å². The van der Waals surface area contributed by atoms with Gasteiger partial charge in [0.05, 0.1) is 36.4 Å². The molecule has 4 aromatic rings. The Morgan fingerprint density at radius 2 is 1.86 bits per heavy atom. The molecule has 1 saturated carbocycles. The normalized spacial score (nSPS) is 18.3. The molecule has 50 heavy (non-hydrogen) atoms. The van der Waals surface area contributed by atoms with Crippen LogP contribution in [0.3, 0.4) is 0 Å². The van der Waals surface area contributed by atoms with Crippen molar-refractivity contribution in [1.82, 2.24) is 24.5 Å². The third-order valence-electron chi connectivity index (χ3n) is 9.18. The number of amides is 2. The molecule has 0 spiro atoms. The fourth-order valence-electron chi connectivity index (χ4n) is 6.79. The second kappa shape index (κ2) is 12.5. The zero-order valence-corrected chi connectivity index (χ0v) is 27.3. The number of ether oxygens (including phenoxy) is 1. The van der Waals surface area contributed by atoms with E-state index in [-0.39, 0.29) is 78.9 Å². The highest BCUT2D eigenvalue weighted by Gasteiger charge is 2.38. The first-order chi connectivity index (χ1) is 24.0. The number of benzene rings is 2. The van der Waals surface area contributed by atoms with Gasteiger partial charge in [-0.1, -0.05) is 22.5 Å². The molecule has 1 aliphatic carbocycles. The SMILES string of the molecule is CO/N=C1/C(=O)N(Cc2cn(CC(=O)N3CCN(c4c(F)cc5c(=O)c(C(=O)O)cn(C6CC6)c5c4OC)CC3C)nn2)c2c(F)cccc21. The molecule has 1 unspecified atom stereocenters. The third kappa shape index (κ3) is 5.47. The van der Waals surface area contributed by atoms with Crippen molar-refractivity contribution < 1.29 is 37.8 Å². The molecule has 7 rings (SSSR count). The summed E-state index contributed by atoms with van der Waals surface area (Å²) >= 11 is 0. The summed E-state index contributed by atoms with van der Waals surface area (Å²) in [6.07, 6.45) is 4.37. The van der Waals surface area contributed by atoms with Gasteiger partial charge in [-0.3, -0.25) is 19.3 Å². The second-order valence-corrected chi connectivity index (χ2v) is 12.4. The molecule has 2 aromatic carbocycles. The number of fused-ring (bicyclic) bond motifs is 2. The molecule has 1 saturated heterocycles. The van der Waals surface area contributed by atoms with Crippen molar-refractivity contribution in [2.24, 2.45) is 5.16 Å². The average Bonchev–Trinajstić information content (AvgIpc) is 3.78. The fourth-order valence-corrected chi connectivity index (χ4v) is 6.79. The summed E-state index contributed by atoms with van der Waals surface area (Å²) in [6.45, 7) is 2.25. The molecule has 15 nitrogen and oxygen atoms in total. The number of aromatic nitrogens is 4. The Morgan fingerprint density at radius 1 is 1.08 bits per heavy atom. The van der Waals surface area contributed by atoms with Crippen molar-refractivity contribution in [3.63, 3.8) is 0 Å². The first-order valence-electron chi connectivity index (χ1n) is 15.9. The van der Waals surface area contributed by atoms with Crippen LogP contribution in [0, 0.1) is 11.6 Å². The number of anilines is 2. The maximum absolute atomic E-state index is 15.8. The van der Waals surface area contributed by atoms with Crippen LogP contribution < -0.4 is 20.0 Å². The summed E-state index contributed by atoms with van der Waals surface area (Å²) in [5.41, 5.74) is -0.151. The van der Waals surface area contributed by atoms with E-state index in [1.807, 2.05) is 6.92 Å². The molecule has 3 aliphatic rings. The Hall–Kier alpha value is -5.87. The number of carboxylic acid groups (broad SMARTS) is 1. The van der Waals surface area contributed by atoms with Crippen molar-refractivity contribution in [2.45, 2.75) is 44.9 Å². The minimum atomic E-state index is -1.39. The van der Waals surface area contributed by atoms with Gasteiger partial charge in [-0.25, -0.2) is 18.3 Å². The van der Waals surface area contributed by atoms with Crippen LogP contribution in [-0.4, -0.2) is 93.0 Å². The molecule has 260 valence electrons. The number of rotatable bonds is 9. The highest BCUT2D eigenvalue weighted by molar-refractivity contribution is 6.54. The summed E-state index contributed by atoms with van der Waals surface area (Å²) in [7, 11) is 2.67. The molecule has 0 bridgehead atoms. The number of carbonyl (C=O) groups is 3. The lowest BCUT2D eigenvalue weighted by atomic mass is 10.1. The lowest BCUT2D eigenvalue weighted by Gasteiger charge is -2.41. The van der Waals surface area contributed by atoms with Crippen LogP contribution in [0.15, 0.2) is 46.6 Å². The minimum absolute atomic E-state index is 0.0381. The number of nitrogens with zero attached hydrogens (tertiary/aromatic N) is 8. The van der Waals surface area contributed by atoms with Gasteiger partial charge in [0.15, 0.2) is 17.3 Å². The lowest BCUT2D eigenvalue weighted by molar-refractivity contribution is -0.134. The van der Waals surface area contributed by atoms with E-state index in [9.17, 15) is 28.7 Å². The predicted molar refractivity (Wildman–Crippen MR) is 174 cm³/mol. The van der Waals surface area contributed by atoms with Gasteiger partial charge in [-0.2, -0.15) is 0 Å². The number of pyridine rings is 1. The van der Waals surface area contributed by atoms with E-state index in [0.717, 1.165) is 18.9 Å². The van der Waals surface area contributed by atoms with Gasteiger partial charge in [0.25, 0.3) is 5.91 Å². The van der Waals surface area contributed by atoms with E-state index in [4.69, 9.17) is 9.57 Å². The molecule has 4 heterocycles. The van der Waals surface area contributed by atoms with E-state index >= 15 is 4.39 Å². The van der Waals surface area contributed by atoms with Crippen molar-refractivity contribution in [2.75, 3.05) is 43.7 Å². The summed E-state index contributed by atoms with van der Waals surface area (Å²) in [5, 5.41) is 21.4. The standard InChI is InChI=1S/C33H32F2N8O7/c1-17-12-39(29-24(35)11-21-28(31(29)49-2)42(19-7-8-19)15-22(30(21)45)33(47)48)9-10-41(17)25(44)16-40-13-18(36-38-40)14-43-27-20(5-4-6-23(27)34)26(32(43)46)37-50-3/h4-6,11,13,15,17,19H,7-10,12,14,16H2,1-3H3,(H,47,48)/b37-26+. The number of para-hydroxylation sites is 1. The predicted octanol–water partition coefficient (Wildman–Crippen LogP) is 2.55. The number of aromatic carboxylic acids is 1. The summed E-state index contributed by atoms with van der Waals surface area (Å²) in [4.78, 5) is 60.8. The van der Waals surface area contributed by atoms with Gasteiger partial charge in [0, 0.05) is 43.5 Å². The Kier molecular flexibility index (Phi) is 8.19. The molecule has 0 radical (unpaired) electrons. The van der Waals surface area contributed by atoms with E-state index < -0.39 is 34.5 Å². The highest BCUT2D eigenvalue weighted by Crippen LogP contribution is 2.44. The Morgan fingerprint density at radius 3 is 2.54 bits per heavy atom. The molecule has 1 N–H and O–H groups in total. The zero-order chi connectivity index (χ0) is 35.4. The van der Waals surface area contributed by atoms with Crippen molar-refractivity contribution >= 4 is 45.8 Å². The van der Waals surface area contributed by atoms with Crippen LogP contribution >= 0.6 is 0 Å². The second-order valence-electron chi connectivity index (χ2n) is 12.4. The van der Waals surface area contributed by atoms with Gasteiger partial charge < -0.3 is 29.0 Å². The van der Waals surface area contributed by atoms with Crippen LogP contribution in [0.1, 0.15) is 47.4 Å². The quantitative estimate of drug-likeness (QED) is 0.258. The molecule has 2 amide bonds. The molecular weight excluding hydrogens is 658 g/mol. The zero-order valence-electron chi connectivity index (χ0n) is 27.3. The molecule has 2 fully saturated rings. The average molecular weight is 691 g/mol. The van der Waals surface area contributed by atoms with Crippen molar-refractivity contribution in [3.05, 3.63) is 75.3 Å². The monoisotopic (exact) mass is 690 g/mol. The maximum atomic E-state index is 15.8. The Balaban J connectivity index is 1.08. The number of carboxylic acids is 1. The third-order valence-corrected chi connectivity index (χ3v) is 9.18. The summed E-state index contributed by atoms with van der Waals surface area (Å²) in [5.74, 6) is -3.45. The number of hydrogen-bond acceptors (Lipinski definition) is 10. The molecular formula is C33H32F2N8O7. The summed E-state index contributed by atoms with van der Waals surface area (Å²) < 4.78 is 39.4. The maximum Gasteiger partial charge on any atom is 0.341 e. The minimum Gasteiger partial charge on any atom is -0.492 e. The van der Waals surface area contributed by atoms with Gasteiger partial charge in [0.1, 0.15) is 36.4 Å². The Labute approximate surface area is 282 Å². The first-order valence-corrected chi connectivity index (χ1v) is 15.9. The molecule has 1 atom stereocenters. The molecule has 2 aromatic heterocycles.